The second kappa shape index (κ2) is 3.41. The zero-order valence-corrected chi connectivity index (χ0v) is 6.84. The third kappa shape index (κ3) is 2.07. The summed E-state index contributed by atoms with van der Waals surface area (Å²) in [6.45, 7) is 0. The summed E-state index contributed by atoms with van der Waals surface area (Å²) in [6, 6.07) is 1.35. The van der Waals surface area contributed by atoms with E-state index in [1.54, 1.807) is 0 Å². The summed E-state index contributed by atoms with van der Waals surface area (Å²) in [7, 11) is -1.60. The Balaban J connectivity index is 3.09. The number of aromatic nitrogens is 1. The topological polar surface area (TPSA) is 53.4 Å². The molecule has 11 heavy (non-hydrogen) atoms. The highest BCUT2D eigenvalue weighted by molar-refractivity contribution is 6.62. The fourth-order valence-corrected chi connectivity index (χ4v) is 1.07. The van der Waals surface area contributed by atoms with Crippen LogP contribution in [0.25, 0.3) is 0 Å². The summed E-state index contributed by atoms with van der Waals surface area (Å²) in [5, 5.41) is 17.8. The number of hydrogen-bond donors (Lipinski definition) is 2. The predicted octanol–water partition coefficient (Wildman–Crippen LogP) is 0.0682. The number of rotatable bonds is 1. The van der Waals surface area contributed by atoms with E-state index in [-0.39, 0.29) is 15.6 Å². The van der Waals surface area contributed by atoms with Crippen LogP contribution in [0.4, 0.5) is 0 Å². The number of hydrogen-bond acceptors (Lipinski definition) is 3. The Bertz CT molecular complexity index is 269. The van der Waals surface area contributed by atoms with Gasteiger partial charge in [-0.25, -0.2) is 4.98 Å². The van der Waals surface area contributed by atoms with Crippen molar-refractivity contribution in [1.29, 1.82) is 0 Å². The summed E-state index contributed by atoms with van der Waals surface area (Å²) in [5.74, 6) is 0. The smallest absolute Gasteiger partial charge is 0.423 e. The molecule has 1 aromatic rings. The monoisotopic (exact) mass is 191 g/mol. The van der Waals surface area contributed by atoms with Crippen molar-refractivity contribution in [1.82, 2.24) is 4.98 Å². The Hall–Kier alpha value is -0.285. The van der Waals surface area contributed by atoms with Gasteiger partial charge in [-0.1, -0.05) is 23.2 Å². The third-order valence-corrected chi connectivity index (χ3v) is 1.66. The Labute approximate surface area is 73.7 Å². The van der Waals surface area contributed by atoms with Crippen LogP contribution in [0.1, 0.15) is 0 Å². The summed E-state index contributed by atoms with van der Waals surface area (Å²) in [6.07, 6.45) is 1.22. The first-order valence-electron chi connectivity index (χ1n) is 2.78. The van der Waals surface area contributed by atoms with Crippen molar-refractivity contribution in [3.8, 4) is 0 Å². The predicted molar refractivity (Wildman–Crippen MR) is 44.1 cm³/mol. The van der Waals surface area contributed by atoms with Crippen LogP contribution in [0.3, 0.4) is 0 Å². The quantitative estimate of drug-likeness (QED) is 0.488. The Morgan fingerprint density at radius 3 is 2.45 bits per heavy atom. The standard InChI is InChI=1S/C5H4BCl2NO2/c7-4-1-5(8)9-2-3(4)6(10)11/h1-2,10-11H. The molecule has 0 radical (unpaired) electrons. The van der Waals surface area contributed by atoms with Gasteiger partial charge in [-0.2, -0.15) is 0 Å². The zero-order valence-electron chi connectivity index (χ0n) is 5.33. The molecule has 0 amide bonds. The lowest BCUT2D eigenvalue weighted by atomic mass is 9.82. The van der Waals surface area contributed by atoms with Gasteiger partial charge < -0.3 is 10.0 Å². The molecule has 2 N–H and O–H groups in total. The first kappa shape index (κ1) is 8.81. The van der Waals surface area contributed by atoms with Crippen LogP contribution in [-0.2, 0) is 0 Å². The molecule has 1 heterocycles. The van der Waals surface area contributed by atoms with Crippen LogP contribution >= 0.6 is 23.2 Å². The minimum absolute atomic E-state index is 0.149. The van der Waals surface area contributed by atoms with Crippen molar-refractivity contribution < 1.29 is 10.0 Å². The van der Waals surface area contributed by atoms with E-state index in [1.807, 2.05) is 0 Å². The molecule has 0 bridgehead atoms. The summed E-state index contributed by atoms with van der Waals surface area (Å²) in [5.41, 5.74) is 0.149. The van der Waals surface area contributed by atoms with E-state index in [0.29, 0.717) is 0 Å². The second-order valence-electron chi connectivity index (χ2n) is 1.90. The molecule has 58 valence electrons. The maximum absolute atomic E-state index is 8.68. The van der Waals surface area contributed by atoms with Crippen LogP contribution in [0.2, 0.25) is 10.2 Å². The average Bonchev–Trinajstić information content (AvgIpc) is 1.85. The van der Waals surface area contributed by atoms with Crippen LogP contribution in [0, 0.1) is 0 Å². The molecule has 0 fully saturated rings. The fourth-order valence-electron chi connectivity index (χ4n) is 0.608. The van der Waals surface area contributed by atoms with Gasteiger partial charge in [0.15, 0.2) is 0 Å². The fraction of sp³-hybridized carbons (Fsp3) is 0. The van der Waals surface area contributed by atoms with E-state index in [9.17, 15) is 0 Å². The Kier molecular flexibility index (Phi) is 2.73. The summed E-state index contributed by atoms with van der Waals surface area (Å²) < 4.78 is 0. The molecule has 0 aliphatic rings. The largest absolute Gasteiger partial charge is 0.491 e. The highest BCUT2D eigenvalue weighted by Crippen LogP contribution is 2.10. The molecule has 0 unspecified atom stereocenters. The SMILES string of the molecule is OB(O)c1cnc(Cl)cc1Cl. The Morgan fingerprint density at radius 1 is 1.36 bits per heavy atom. The van der Waals surface area contributed by atoms with Gasteiger partial charge in [0.05, 0.1) is 0 Å². The molecule has 0 aliphatic heterocycles. The van der Waals surface area contributed by atoms with Gasteiger partial charge in [-0.05, 0) is 6.07 Å². The van der Waals surface area contributed by atoms with Gasteiger partial charge >= 0.3 is 7.12 Å². The minimum Gasteiger partial charge on any atom is -0.423 e. The van der Waals surface area contributed by atoms with Crippen molar-refractivity contribution in [3.05, 3.63) is 22.4 Å². The number of nitrogens with zero attached hydrogens (tertiary/aromatic N) is 1. The van der Waals surface area contributed by atoms with Gasteiger partial charge in [0, 0.05) is 16.7 Å². The zero-order chi connectivity index (χ0) is 8.43. The van der Waals surface area contributed by atoms with E-state index in [4.69, 9.17) is 33.2 Å². The maximum atomic E-state index is 8.68. The number of halogens is 2. The molecule has 0 spiro atoms. The molecule has 3 nitrogen and oxygen atoms in total. The van der Waals surface area contributed by atoms with Gasteiger partial charge in [-0.15, -0.1) is 0 Å². The van der Waals surface area contributed by atoms with E-state index < -0.39 is 7.12 Å². The highest BCUT2D eigenvalue weighted by atomic mass is 35.5. The summed E-state index contributed by atoms with van der Waals surface area (Å²) in [4.78, 5) is 3.62. The first-order valence-corrected chi connectivity index (χ1v) is 3.54. The van der Waals surface area contributed by atoms with Crippen LogP contribution in [-0.4, -0.2) is 22.2 Å². The first-order chi connectivity index (χ1) is 5.11. The molecule has 1 aromatic heterocycles. The lowest BCUT2D eigenvalue weighted by Gasteiger charge is -2.00. The highest BCUT2D eigenvalue weighted by Gasteiger charge is 2.15. The van der Waals surface area contributed by atoms with Crippen LogP contribution in [0.15, 0.2) is 12.3 Å². The molecule has 1 rings (SSSR count). The molecule has 0 aromatic carbocycles. The summed E-state index contributed by atoms with van der Waals surface area (Å²) >= 11 is 11.0. The Morgan fingerprint density at radius 2 is 2.00 bits per heavy atom. The molecule has 0 aliphatic carbocycles. The second-order valence-corrected chi connectivity index (χ2v) is 2.70. The van der Waals surface area contributed by atoms with Crippen LogP contribution in [0.5, 0.6) is 0 Å². The molecular formula is C5H4BCl2NO2. The molecule has 6 heteroatoms. The van der Waals surface area contributed by atoms with Crippen molar-refractivity contribution in [2.45, 2.75) is 0 Å². The number of pyridine rings is 1. The van der Waals surface area contributed by atoms with Gasteiger partial charge in [-0.3, -0.25) is 0 Å². The van der Waals surface area contributed by atoms with Crippen molar-refractivity contribution in [2.75, 3.05) is 0 Å². The molecule has 0 saturated carbocycles. The van der Waals surface area contributed by atoms with E-state index in [2.05, 4.69) is 4.98 Å². The minimum atomic E-state index is -1.60. The van der Waals surface area contributed by atoms with E-state index >= 15 is 0 Å². The molecule has 0 saturated heterocycles. The van der Waals surface area contributed by atoms with E-state index in [1.165, 1.54) is 12.3 Å². The maximum Gasteiger partial charge on any atom is 0.491 e. The molecule has 0 atom stereocenters. The van der Waals surface area contributed by atoms with Crippen LogP contribution < -0.4 is 5.46 Å². The van der Waals surface area contributed by atoms with Crippen molar-refractivity contribution in [2.24, 2.45) is 0 Å². The third-order valence-electron chi connectivity index (χ3n) is 1.13. The van der Waals surface area contributed by atoms with Gasteiger partial charge in [0.25, 0.3) is 0 Å². The van der Waals surface area contributed by atoms with Crippen molar-refractivity contribution >= 4 is 35.8 Å². The van der Waals surface area contributed by atoms with Crippen molar-refractivity contribution in [3.63, 3.8) is 0 Å². The van der Waals surface area contributed by atoms with E-state index in [0.717, 1.165) is 0 Å². The molecular weight excluding hydrogens is 188 g/mol. The van der Waals surface area contributed by atoms with Gasteiger partial charge in [0.1, 0.15) is 5.15 Å². The van der Waals surface area contributed by atoms with Gasteiger partial charge in [0.2, 0.25) is 0 Å². The normalized spacial score (nSPS) is 9.82. The lowest BCUT2D eigenvalue weighted by molar-refractivity contribution is 0.425. The average molecular weight is 192 g/mol. The lowest BCUT2D eigenvalue weighted by Crippen LogP contribution is -2.31.